The summed E-state index contributed by atoms with van der Waals surface area (Å²) in [5, 5.41) is 29.5. The quantitative estimate of drug-likeness (QED) is 0.200. The molecule has 0 aliphatic carbocycles. The minimum atomic E-state index is -4.62. The van der Waals surface area contributed by atoms with Crippen LogP contribution in [-0.4, -0.2) is 23.0 Å². The van der Waals surface area contributed by atoms with E-state index < -0.39 is 19.9 Å². The molecule has 3 rings (SSSR count). The van der Waals surface area contributed by atoms with Gasteiger partial charge >= 0.3 is 29.6 Å². The van der Waals surface area contributed by atoms with Gasteiger partial charge in [0.05, 0.1) is 14.3 Å². The average molecular weight is 474 g/mol. The topological polar surface area (TPSA) is 145 Å². The van der Waals surface area contributed by atoms with Crippen molar-refractivity contribution in [2.24, 2.45) is 10.2 Å². The SMILES string of the molecule is O=[N+]([O-])c1ccc(N=Nc2c(O)ccc3cc(S(=O)(=O)[O-])ccc23)c(Br)c1.[Na+]. The molecular weight excluding hydrogens is 465 g/mol. The van der Waals surface area contributed by atoms with Gasteiger partial charge in [0, 0.05) is 17.5 Å². The first-order valence-electron chi connectivity index (χ1n) is 7.24. The number of aromatic hydroxyl groups is 1. The van der Waals surface area contributed by atoms with Crippen molar-refractivity contribution in [3.63, 3.8) is 0 Å². The minimum Gasteiger partial charge on any atom is -0.744 e. The molecule has 0 aliphatic heterocycles. The van der Waals surface area contributed by atoms with E-state index in [9.17, 15) is 28.2 Å². The number of benzene rings is 3. The molecule has 28 heavy (non-hydrogen) atoms. The van der Waals surface area contributed by atoms with Crippen LogP contribution in [0.15, 0.2) is 68.1 Å². The fourth-order valence-corrected chi connectivity index (χ4v) is 3.29. The Hall–Kier alpha value is -1.89. The van der Waals surface area contributed by atoms with Crippen molar-refractivity contribution in [3.05, 3.63) is 63.1 Å². The molecule has 0 radical (unpaired) electrons. The number of hydrogen-bond acceptors (Lipinski definition) is 8. The van der Waals surface area contributed by atoms with Gasteiger partial charge in [0.1, 0.15) is 27.2 Å². The van der Waals surface area contributed by atoms with E-state index in [2.05, 4.69) is 26.2 Å². The number of hydrogen-bond donors (Lipinski definition) is 1. The number of phenols is 1. The first kappa shape index (κ1) is 22.4. The molecule has 0 bridgehead atoms. The van der Waals surface area contributed by atoms with Gasteiger partial charge in [-0.25, -0.2) is 8.42 Å². The van der Waals surface area contributed by atoms with Gasteiger partial charge in [-0.2, -0.15) is 0 Å². The Kier molecular flexibility index (Phi) is 6.91. The molecule has 0 unspecified atom stereocenters. The van der Waals surface area contributed by atoms with Gasteiger partial charge < -0.3 is 9.66 Å². The van der Waals surface area contributed by atoms with Crippen LogP contribution in [0.1, 0.15) is 0 Å². The maximum atomic E-state index is 11.2. The molecule has 0 aromatic heterocycles. The molecule has 0 saturated carbocycles. The Labute approximate surface area is 189 Å². The van der Waals surface area contributed by atoms with Crippen molar-refractivity contribution in [2.75, 3.05) is 0 Å². The maximum absolute atomic E-state index is 11.2. The van der Waals surface area contributed by atoms with Crippen molar-refractivity contribution in [2.45, 2.75) is 4.90 Å². The van der Waals surface area contributed by atoms with E-state index in [0.717, 1.165) is 6.07 Å². The van der Waals surface area contributed by atoms with Crippen molar-refractivity contribution in [3.8, 4) is 5.75 Å². The molecule has 0 amide bonds. The van der Waals surface area contributed by atoms with Gasteiger partial charge in [-0.3, -0.25) is 10.1 Å². The number of non-ortho nitro benzene ring substituents is 1. The molecule has 0 heterocycles. The largest absolute Gasteiger partial charge is 1.00 e. The van der Waals surface area contributed by atoms with E-state index in [1.54, 1.807) is 0 Å². The first-order valence-corrected chi connectivity index (χ1v) is 9.44. The molecule has 0 saturated heterocycles. The molecule has 3 aromatic rings. The van der Waals surface area contributed by atoms with E-state index in [1.165, 1.54) is 42.5 Å². The number of phenolic OH excluding ortho intramolecular Hbond substituents is 1. The zero-order chi connectivity index (χ0) is 19.8. The Morgan fingerprint density at radius 3 is 2.36 bits per heavy atom. The predicted octanol–water partition coefficient (Wildman–Crippen LogP) is 1.54. The molecule has 9 nitrogen and oxygen atoms in total. The van der Waals surface area contributed by atoms with E-state index in [-0.39, 0.29) is 52.4 Å². The van der Waals surface area contributed by atoms with Crippen LogP contribution >= 0.6 is 15.9 Å². The van der Waals surface area contributed by atoms with Crippen LogP contribution in [0.3, 0.4) is 0 Å². The average Bonchev–Trinajstić information content (AvgIpc) is 2.60. The summed E-state index contributed by atoms with van der Waals surface area (Å²) in [6.45, 7) is 0. The van der Waals surface area contributed by atoms with Crippen molar-refractivity contribution in [1.29, 1.82) is 0 Å². The fraction of sp³-hybridized carbons (Fsp3) is 0. The summed E-state index contributed by atoms with van der Waals surface area (Å²) in [6, 6.07) is 10.3. The molecule has 0 aliphatic rings. The van der Waals surface area contributed by atoms with E-state index >= 15 is 0 Å². The predicted molar refractivity (Wildman–Crippen MR) is 98.5 cm³/mol. The van der Waals surface area contributed by atoms with Crippen LogP contribution in [0.5, 0.6) is 5.75 Å². The molecule has 3 aromatic carbocycles. The second-order valence-corrected chi connectivity index (χ2v) is 7.60. The van der Waals surface area contributed by atoms with Crippen molar-refractivity contribution in [1.82, 2.24) is 0 Å². The Morgan fingerprint density at radius 1 is 1.04 bits per heavy atom. The van der Waals surface area contributed by atoms with Crippen LogP contribution in [-0.2, 0) is 10.1 Å². The number of nitro benzene ring substituents is 1. The number of fused-ring (bicyclic) bond motifs is 1. The van der Waals surface area contributed by atoms with Gasteiger partial charge in [0.15, 0.2) is 0 Å². The van der Waals surface area contributed by atoms with Crippen LogP contribution in [0, 0.1) is 10.1 Å². The van der Waals surface area contributed by atoms with Gasteiger partial charge in [0.2, 0.25) is 0 Å². The monoisotopic (exact) mass is 473 g/mol. The molecule has 12 heteroatoms. The first-order chi connectivity index (χ1) is 12.7. The Morgan fingerprint density at radius 2 is 1.75 bits per heavy atom. The molecule has 0 fully saturated rings. The van der Waals surface area contributed by atoms with Crippen LogP contribution in [0.25, 0.3) is 10.8 Å². The van der Waals surface area contributed by atoms with Gasteiger partial charge in [-0.15, -0.1) is 10.2 Å². The summed E-state index contributed by atoms with van der Waals surface area (Å²) in [6.07, 6.45) is 0. The second kappa shape index (κ2) is 8.64. The van der Waals surface area contributed by atoms with Gasteiger partial charge in [0.25, 0.3) is 5.69 Å². The van der Waals surface area contributed by atoms with E-state index in [0.29, 0.717) is 15.2 Å². The van der Waals surface area contributed by atoms with Gasteiger partial charge in [-0.05, 0) is 45.6 Å². The standard InChI is InChI=1S/C16H10BrN3O6S.Na/c17-13-8-10(20(22)23)2-5-14(13)18-19-16-12-4-3-11(27(24,25)26)7-9(12)1-6-15(16)21;/h1-8,21H,(H,24,25,26);/q;+1/p-1. The third kappa shape index (κ3) is 4.74. The third-order valence-corrected chi connectivity index (χ3v) is 5.10. The molecule has 138 valence electrons. The zero-order valence-corrected chi connectivity index (χ0v) is 18.6. The second-order valence-electron chi connectivity index (χ2n) is 5.36. The number of azo groups is 1. The van der Waals surface area contributed by atoms with Crippen LogP contribution in [0.4, 0.5) is 17.1 Å². The van der Waals surface area contributed by atoms with Crippen molar-refractivity contribution >= 4 is 53.9 Å². The normalized spacial score (nSPS) is 11.5. The minimum absolute atomic E-state index is 0. The molecule has 0 atom stereocenters. The Balaban J connectivity index is 0.00000280. The summed E-state index contributed by atoms with van der Waals surface area (Å²) in [4.78, 5) is 9.81. The maximum Gasteiger partial charge on any atom is 1.00 e. The summed E-state index contributed by atoms with van der Waals surface area (Å²) in [5.41, 5.74) is 0.226. The fourth-order valence-electron chi connectivity index (χ4n) is 2.33. The summed E-state index contributed by atoms with van der Waals surface area (Å²) < 4.78 is 33.8. The van der Waals surface area contributed by atoms with E-state index in [4.69, 9.17) is 0 Å². The number of halogens is 1. The zero-order valence-electron chi connectivity index (χ0n) is 14.2. The van der Waals surface area contributed by atoms with E-state index in [1.807, 2.05) is 0 Å². The molecule has 0 spiro atoms. The number of rotatable bonds is 4. The number of nitro groups is 1. The summed E-state index contributed by atoms with van der Waals surface area (Å²) >= 11 is 3.17. The molecular formula is C16H9BrN3NaO6S. The van der Waals surface area contributed by atoms with Crippen molar-refractivity contribution < 1.29 is 52.6 Å². The number of nitrogens with zero attached hydrogens (tertiary/aromatic N) is 3. The Bertz CT molecular complexity index is 1220. The van der Waals surface area contributed by atoms with Gasteiger partial charge in [-0.1, -0.05) is 12.1 Å². The van der Waals surface area contributed by atoms with Crippen LogP contribution in [0.2, 0.25) is 0 Å². The summed E-state index contributed by atoms with van der Waals surface area (Å²) in [5.74, 6) is -0.206. The third-order valence-electron chi connectivity index (χ3n) is 3.63. The summed E-state index contributed by atoms with van der Waals surface area (Å²) in [7, 11) is -4.62. The smallest absolute Gasteiger partial charge is 0.744 e. The van der Waals surface area contributed by atoms with Crippen LogP contribution < -0.4 is 29.6 Å². The molecule has 1 N–H and O–H groups in total.